The molecular formula is C11H7Cl2IN2OS. The Morgan fingerprint density at radius 3 is 2.89 bits per heavy atom. The number of alkyl halides is 1. The highest BCUT2D eigenvalue weighted by atomic mass is 127. The lowest BCUT2D eigenvalue weighted by Crippen LogP contribution is -2.11. The van der Waals surface area contributed by atoms with Gasteiger partial charge in [0.25, 0.3) is 5.91 Å². The van der Waals surface area contributed by atoms with Crippen molar-refractivity contribution in [2.75, 3.05) is 5.32 Å². The standard InChI is InChI=1S/C11H7Cl2IN2OS/c12-4-7-5-18-11(15-7)16-10(17)6-1-2-9(14)8(13)3-6/h1-3,5H,4H2,(H,15,16,17). The van der Waals surface area contributed by atoms with Crippen LogP contribution < -0.4 is 5.32 Å². The van der Waals surface area contributed by atoms with Crippen LogP contribution in [0.3, 0.4) is 0 Å². The van der Waals surface area contributed by atoms with Gasteiger partial charge in [0.1, 0.15) is 0 Å². The minimum Gasteiger partial charge on any atom is -0.298 e. The van der Waals surface area contributed by atoms with E-state index in [1.165, 1.54) is 11.3 Å². The summed E-state index contributed by atoms with van der Waals surface area (Å²) in [5.74, 6) is 0.102. The van der Waals surface area contributed by atoms with E-state index in [1.54, 1.807) is 18.2 Å². The molecule has 0 spiro atoms. The number of hydrogen-bond acceptors (Lipinski definition) is 3. The van der Waals surface area contributed by atoms with Crippen LogP contribution in [-0.2, 0) is 5.88 Å². The molecule has 1 heterocycles. The van der Waals surface area contributed by atoms with E-state index in [4.69, 9.17) is 23.2 Å². The first-order chi connectivity index (χ1) is 8.60. The molecule has 0 aliphatic heterocycles. The Labute approximate surface area is 132 Å². The number of benzene rings is 1. The third-order valence-electron chi connectivity index (χ3n) is 2.09. The number of nitrogens with zero attached hydrogens (tertiary/aromatic N) is 1. The molecule has 18 heavy (non-hydrogen) atoms. The second-order valence-corrected chi connectivity index (χ2v) is 6.06. The van der Waals surface area contributed by atoms with Crippen LogP contribution >= 0.6 is 57.1 Å². The van der Waals surface area contributed by atoms with Gasteiger partial charge in [0, 0.05) is 14.5 Å². The summed E-state index contributed by atoms with van der Waals surface area (Å²) in [7, 11) is 0. The molecule has 0 aliphatic rings. The van der Waals surface area contributed by atoms with E-state index in [0.717, 1.165) is 9.26 Å². The van der Waals surface area contributed by atoms with Crippen molar-refractivity contribution in [3.63, 3.8) is 0 Å². The van der Waals surface area contributed by atoms with Crippen molar-refractivity contribution < 1.29 is 4.79 Å². The Morgan fingerprint density at radius 1 is 1.50 bits per heavy atom. The topological polar surface area (TPSA) is 42.0 Å². The van der Waals surface area contributed by atoms with Crippen molar-refractivity contribution in [2.24, 2.45) is 0 Å². The van der Waals surface area contributed by atoms with Crippen molar-refractivity contribution in [2.45, 2.75) is 5.88 Å². The molecule has 1 amide bonds. The number of hydrogen-bond donors (Lipinski definition) is 1. The molecule has 3 nitrogen and oxygen atoms in total. The number of rotatable bonds is 3. The average molecular weight is 413 g/mol. The maximum absolute atomic E-state index is 11.9. The van der Waals surface area contributed by atoms with Crippen LogP contribution in [0, 0.1) is 3.57 Å². The highest BCUT2D eigenvalue weighted by Gasteiger charge is 2.10. The number of carbonyl (C=O) groups is 1. The van der Waals surface area contributed by atoms with E-state index < -0.39 is 0 Å². The summed E-state index contributed by atoms with van der Waals surface area (Å²) in [5.41, 5.74) is 1.25. The Morgan fingerprint density at radius 2 is 2.28 bits per heavy atom. The third kappa shape index (κ3) is 3.34. The Bertz CT molecular complexity index is 588. The largest absolute Gasteiger partial charge is 0.298 e. The second kappa shape index (κ2) is 6.18. The normalized spacial score (nSPS) is 10.4. The molecule has 94 valence electrons. The summed E-state index contributed by atoms with van der Waals surface area (Å²) >= 11 is 15.1. The van der Waals surface area contributed by atoms with Gasteiger partial charge < -0.3 is 0 Å². The van der Waals surface area contributed by atoms with E-state index >= 15 is 0 Å². The quantitative estimate of drug-likeness (QED) is 0.599. The molecule has 1 aromatic carbocycles. The molecule has 1 aromatic heterocycles. The molecule has 0 fully saturated rings. The van der Waals surface area contributed by atoms with Crippen LogP contribution in [0.2, 0.25) is 5.02 Å². The van der Waals surface area contributed by atoms with E-state index in [-0.39, 0.29) is 5.91 Å². The zero-order valence-electron chi connectivity index (χ0n) is 8.91. The van der Waals surface area contributed by atoms with Crippen molar-refractivity contribution in [1.82, 2.24) is 4.98 Å². The van der Waals surface area contributed by atoms with Crippen LogP contribution in [0.25, 0.3) is 0 Å². The lowest BCUT2D eigenvalue weighted by molar-refractivity contribution is 0.102. The van der Waals surface area contributed by atoms with Crippen LogP contribution in [0.5, 0.6) is 0 Å². The van der Waals surface area contributed by atoms with Crippen molar-refractivity contribution in [3.05, 3.63) is 43.4 Å². The number of amides is 1. The van der Waals surface area contributed by atoms with E-state index in [0.29, 0.717) is 21.6 Å². The number of halogens is 3. The van der Waals surface area contributed by atoms with Gasteiger partial charge in [0.15, 0.2) is 5.13 Å². The minimum absolute atomic E-state index is 0.233. The van der Waals surface area contributed by atoms with Crippen LogP contribution in [0.4, 0.5) is 5.13 Å². The fraction of sp³-hybridized carbons (Fsp3) is 0.0909. The number of nitrogens with one attached hydrogen (secondary N) is 1. The molecule has 0 saturated heterocycles. The lowest BCUT2D eigenvalue weighted by Gasteiger charge is -2.03. The lowest BCUT2D eigenvalue weighted by atomic mass is 10.2. The van der Waals surface area contributed by atoms with Gasteiger partial charge in [-0.25, -0.2) is 4.98 Å². The summed E-state index contributed by atoms with van der Waals surface area (Å²) in [6, 6.07) is 5.15. The predicted molar refractivity (Wildman–Crippen MR) is 83.8 cm³/mol. The summed E-state index contributed by atoms with van der Waals surface area (Å²) in [6.07, 6.45) is 0. The van der Waals surface area contributed by atoms with Crippen LogP contribution in [0.15, 0.2) is 23.6 Å². The van der Waals surface area contributed by atoms with E-state index in [2.05, 4.69) is 32.9 Å². The maximum Gasteiger partial charge on any atom is 0.257 e. The zero-order chi connectivity index (χ0) is 13.1. The van der Waals surface area contributed by atoms with Crippen LogP contribution in [0.1, 0.15) is 16.1 Å². The molecule has 0 bridgehead atoms. The predicted octanol–water partition coefficient (Wildman–Crippen LogP) is 4.39. The molecule has 0 atom stereocenters. The minimum atomic E-state index is -0.233. The van der Waals surface area contributed by atoms with Gasteiger partial charge in [-0.1, -0.05) is 11.6 Å². The average Bonchev–Trinajstić information content (AvgIpc) is 2.80. The van der Waals surface area contributed by atoms with Gasteiger partial charge in [0.2, 0.25) is 0 Å². The summed E-state index contributed by atoms with van der Waals surface area (Å²) < 4.78 is 0.907. The molecule has 0 unspecified atom stereocenters. The summed E-state index contributed by atoms with van der Waals surface area (Å²) in [6.45, 7) is 0. The van der Waals surface area contributed by atoms with Gasteiger partial charge in [-0.2, -0.15) is 0 Å². The van der Waals surface area contributed by atoms with Gasteiger partial charge >= 0.3 is 0 Å². The fourth-order valence-electron chi connectivity index (χ4n) is 1.23. The molecule has 2 rings (SSSR count). The molecule has 0 radical (unpaired) electrons. The van der Waals surface area contributed by atoms with Crippen molar-refractivity contribution in [1.29, 1.82) is 0 Å². The molecule has 0 saturated carbocycles. The fourth-order valence-corrected chi connectivity index (χ4v) is 2.68. The molecule has 2 aromatic rings. The number of aromatic nitrogens is 1. The third-order valence-corrected chi connectivity index (χ3v) is 4.74. The molecule has 0 aliphatic carbocycles. The Balaban J connectivity index is 2.14. The van der Waals surface area contributed by atoms with Crippen LogP contribution in [-0.4, -0.2) is 10.9 Å². The molecular weight excluding hydrogens is 406 g/mol. The van der Waals surface area contributed by atoms with Gasteiger partial charge in [-0.3, -0.25) is 10.1 Å². The van der Waals surface area contributed by atoms with E-state index in [1.807, 2.05) is 5.38 Å². The summed E-state index contributed by atoms with van der Waals surface area (Å²) in [4.78, 5) is 16.1. The number of anilines is 1. The smallest absolute Gasteiger partial charge is 0.257 e. The molecule has 1 N–H and O–H groups in total. The zero-order valence-corrected chi connectivity index (χ0v) is 13.4. The van der Waals surface area contributed by atoms with Gasteiger partial charge in [0.05, 0.1) is 16.6 Å². The number of carbonyl (C=O) groups excluding carboxylic acids is 1. The molecule has 7 heteroatoms. The first-order valence-electron chi connectivity index (χ1n) is 4.87. The van der Waals surface area contributed by atoms with Gasteiger partial charge in [-0.15, -0.1) is 22.9 Å². The van der Waals surface area contributed by atoms with Crippen molar-refractivity contribution in [3.8, 4) is 0 Å². The SMILES string of the molecule is O=C(Nc1nc(CCl)cs1)c1ccc(I)c(Cl)c1. The second-order valence-electron chi connectivity index (χ2n) is 3.36. The Hall–Kier alpha value is -0.370. The first-order valence-corrected chi connectivity index (χ1v) is 7.74. The highest BCUT2D eigenvalue weighted by molar-refractivity contribution is 14.1. The monoisotopic (exact) mass is 412 g/mol. The van der Waals surface area contributed by atoms with Gasteiger partial charge in [-0.05, 0) is 40.8 Å². The summed E-state index contributed by atoms with van der Waals surface area (Å²) in [5, 5.41) is 5.61. The van der Waals surface area contributed by atoms with Crippen molar-refractivity contribution >= 4 is 68.2 Å². The number of thiazole rings is 1. The van der Waals surface area contributed by atoms with E-state index in [9.17, 15) is 4.79 Å². The first kappa shape index (κ1) is 14.0. The Kier molecular flexibility index (Phi) is 4.83. The highest BCUT2D eigenvalue weighted by Crippen LogP contribution is 2.21. The maximum atomic E-state index is 11.9.